The molecule has 0 amide bonds. The summed E-state index contributed by atoms with van der Waals surface area (Å²) in [5, 5.41) is 0. The Morgan fingerprint density at radius 2 is 1.77 bits per heavy atom. The predicted octanol–water partition coefficient (Wildman–Crippen LogP) is 0.588. The van der Waals surface area contributed by atoms with Gasteiger partial charge in [0.2, 0.25) is 0 Å². The molecule has 0 aromatic heterocycles. The van der Waals surface area contributed by atoms with Crippen LogP contribution in [0.15, 0.2) is 0 Å². The first kappa shape index (κ1) is 16.1. The SMILES string of the molecule is COCCOCCC[Si](C)(C)O.[LiH]. The van der Waals surface area contributed by atoms with E-state index >= 15 is 0 Å². The van der Waals surface area contributed by atoms with E-state index in [-0.39, 0.29) is 18.9 Å². The van der Waals surface area contributed by atoms with Gasteiger partial charge >= 0.3 is 18.9 Å². The van der Waals surface area contributed by atoms with Crippen molar-refractivity contribution < 1.29 is 14.3 Å². The zero-order chi connectivity index (χ0) is 9.45. The van der Waals surface area contributed by atoms with Gasteiger partial charge in [0.25, 0.3) is 0 Å². The van der Waals surface area contributed by atoms with Gasteiger partial charge in [-0.05, 0) is 25.6 Å². The molecule has 0 spiro atoms. The van der Waals surface area contributed by atoms with Crippen LogP contribution in [0.5, 0.6) is 0 Å². The minimum atomic E-state index is -1.84. The van der Waals surface area contributed by atoms with Gasteiger partial charge in [0.05, 0.1) is 13.2 Å². The molecule has 0 rings (SSSR count). The molecule has 5 heteroatoms. The molecule has 0 atom stereocenters. The summed E-state index contributed by atoms with van der Waals surface area (Å²) >= 11 is 0. The Bertz CT molecular complexity index is 106. The van der Waals surface area contributed by atoms with Gasteiger partial charge in [0.1, 0.15) is 0 Å². The van der Waals surface area contributed by atoms with Gasteiger partial charge in [-0.15, -0.1) is 0 Å². The van der Waals surface area contributed by atoms with Crippen molar-refractivity contribution in [3.63, 3.8) is 0 Å². The van der Waals surface area contributed by atoms with Gasteiger partial charge in [0.15, 0.2) is 8.32 Å². The summed E-state index contributed by atoms with van der Waals surface area (Å²) in [7, 11) is -0.177. The summed E-state index contributed by atoms with van der Waals surface area (Å²) in [6, 6.07) is 0.917. The fourth-order valence-electron chi connectivity index (χ4n) is 0.851. The molecular weight excluding hydrogens is 179 g/mol. The summed E-state index contributed by atoms with van der Waals surface area (Å²) in [4.78, 5) is 9.48. The molecule has 3 nitrogen and oxygen atoms in total. The summed E-state index contributed by atoms with van der Waals surface area (Å²) in [5.74, 6) is 0. The molecule has 0 aromatic rings. The summed E-state index contributed by atoms with van der Waals surface area (Å²) in [6.45, 7) is 5.94. The number of methoxy groups -OCH3 is 1. The van der Waals surface area contributed by atoms with Crippen LogP contribution >= 0.6 is 0 Å². The van der Waals surface area contributed by atoms with E-state index in [1.54, 1.807) is 7.11 Å². The second-order valence-electron chi connectivity index (χ2n) is 3.52. The van der Waals surface area contributed by atoms with Gasteiger partial charge in [-0.1, -0.05) is 0 Å². The molecule has 0 radical (unpaired) electrons. The maximum atomic E-state index is 9.48. The summed E-state index contributed by atoms with van der Waals surface area (Å²) in [5.41, 5.74) is 0. The normalized spacial score (nSPS) is 11.1. The van der Waals surface area contributed by atoms with Gasteiger partial charge in [0, 0.05) is 13.7 Å². The third kappa shape index (κ3) is 15.4. The van der Waals surface area contributed by atoms with Gasteiger partial charge in [-0.25, -0.2) is 0 Å². The van der Waals surface area contributed by atoms with Gasteiger partial charge < -0.3 is 14.3 Å². The molecule has 0 saturated carbocycles. The first-order chi connectivity index (χ1) is 5.56. The Hall–Kier alpha value is 0.694. The van der Waals surface area contributed by atoms with E-state index in [4.69, 9.17) is 9.47 Å². The fraction of sp³-hybridized carbons (Fsp3) is 1.00. The molecule has 0 aliphatic heterocycles. The average Bonchev–Trinajstić information content (AvgIpc) is 1.94. The number of hydrogen-bond donors (Lipinski definition) is 1. The Balaban J connectivity index is 0. The third-order valence-electron chi connectivity index (χ3n) is 1.51. The van der Waals surface area contributed by atoms with Gasteiger partial charge in [-0.3, -0.25) is 0 Å². The van der Waals surface area contributed by atoms with Crippen molar-refractivity contribution in [3.8, 4) is 0 Å². The Morgan fingerprint density at radius 1 is 1.15 bits per heavy atom. The molecule has 0 aliphatic carbocycles. The standard InChI is InChI=1S/C8H20O3Si.Li.H/c1-10-6-7-11-5-4-8-12(2,3)9;;/h9H,4-8H2,1-3H3;;. The average molecular weight is 200 g/mol. The van der Waals surface area contributed by atoms with E-state index in [1.807, 2.05) is 13.1 Å². The van der Waals surface area contributed by atoms with Crippen LogP contribution in [-0.4, -0.2) is 58.9 Å². The molecule has 0 aliphatic rings. The Labute approximate surface area is 94.1 Å². The first-order valence-corrected chi connectivity index (χ1v) is 7.51. The maximum absolute atomic E-state index is 9.48. The van der Waals surface area contributed by atoms with E-state index < -0.39 is 8.32 Å². The molecule has 0 heterocycles. The fourth-order valence-corrected chi connectivity index (χ4v) is 1.86. The number of ether oxygens (including phenoxy) is 2. The minimum absolute atomic E-state index is 0. The van der Waals surface area contributed by atoms with Crippen LogP contribution in [0.4, 0.5) is 0 Å². The quantitative estimate of drug-likeness (QED) is 0.483. The predicted molar refractivity (Wildman–Crippen MR) is 59.0 cm³/mol. The van der Waals surface area contributed by atoms with E-state index in [2.05, 4.69) is 0 Å². The molecule has 0 aromatic carbocycles. The van der Waals surface area contributed by atoms with Crippen LogP contribution in [0.25, 0.3) is 0 Å². The van der Waals surface area contributed by atoms with Crippen LogP contribution in [0.3, 0.4) is 0 Å². The van der Waals surface area contributed by atoms with E-state index in [1.165, 1.54) is 0 Å². The Kier molecular flexibility index (Phi) is 11.5. The van der Waals surface area contributed by atoms with Crippen molar-refractivity contribution >= 4 is 27.2 Å². The first-order valence-electron chi connectivity index (χ1n) is 4.35. The monoisotopic (exact) mass is 200 g/mol. The van der Waals surface area contributed by atoms with Crippen LogP contribution < -0.4 is 0 Å². The van der Waals surface area contributed by atoms with Crippen LogP contribution in [-0.2, 0) is 9.47 Å². The van der Waals surface area contributed by atoms with Crippen molar-refractivity contribution in [2.24, 2.45) is 0 Å². The number of hydrogen-bond acceptors (Lipinski definition) is 3. The van der Waals surface area contributed by atoms with E-state index in [0.29, 0.717) is 13.2 Å². The second-order valence-corrected chi connectivity index (χ2v) is 7.65. The van der Waals surface area contributed by atoms with Crippen molar-refractivity contribution in [1.29, 1.82) is 0 Å². The molecule has 76 valence electrons. The van der Waals surface area contributed by atoms with Crippen molar-refractivity contribution in [2.45, 2.75) is 25.6 Å². The molecule has 1 N–H and O–H groups in total. The van der Waals surface area contributed by atoms with Crippen molar-refractivity contribution in [3.05, 3.63) is 0 Å². The van der Waals surface area contributed by atoms with E-state index in [0.717, 1.165) is 19.1 Å². The van der Waals surface area contributed by atoms with Gasteiger partial charge in [-0.2, -0.15) is 0 Å². The topological polar surface area (TPSA) is 38.7 Å². The molecule has 0 bridgehead atoms. The summed E-state index contributed by atoms with van der Waals surface area (Å²) < 4.78 is 10.1. The van der Waals surface area contributed by atoms with Crippen molar-refractivity contribution in [1.82, 2.24) is 0 Å². The van der Waals surface area contributed by atoms with Crippen LogP contribution in [0.1, 0.15) is 6.42 Å². The number of rotatable bonds is 7. The van der Waals surface area contributed by atoms with Crippen LogP contribution in [0.2, 0.25) is 19.1 Å². The third-order valence-corrected chi connectivity index (χ3v) is 3.09. The molecular formula is C8H21LiO3Si. The molecule has 0 unspecified atom stereocenters. The van der Waals surface area contributed by atoms with Crippen molar-refractivity contribution in [2.75, 3.05) is 26.9 Å². The molecule has 13 heavy (non-hydrogen) atoms. The summed E-state index contributed by atoms with van der Waals surface area (Å²) in [6.07, 6.45) is 0.958. The zero-order valence-corrected chi connectivity index (χ0v) is 9.30. The van der Waals surface area contributed by atoms with Crippen LogP contribution in [0, 0.1) is 0 Å². The second kappa shape index (κ2) is 9.26. The van der Waals surface area contributed by atoms with E-state index in [9.17, 15) is 4.80 Å². The molecule has 0 fully saturated rings. The zero-order valence-electron chi connectivity index (χ0n) is 8.30. The Morgan fingerprint density at radius 3 is 2.23 bits per heavy atom. The molecule has 0 saturated heterocycles.